The van der Waals surface area contributed by atoms with Crippen LogP contribution in [0.1, 0.15) is 23.2 Å². The molecule has 0 saturated carbocycles. The molecule has 1 aliphatic rings. The van der Waals surface area contributed by atoms with E-state index in [4.69, 9.17) is 5.11 Å². The SMILES string of the molecule is COC(=O)c1ccc(F)cc1NC(=O)N1CCCC(C(=O)O)C1. The molecule has 0 spiro atoms. The van der Waals surface area contributed by atoms with Crippen molar-refractivity contribution < 1.29 is 28.6 Å². The number of likely N-dealkylation sites (tertiary alicyclic amines) is 1. The number of halogens is 1. The van der Waals surface area contributed by atoms with Crippen LogP contribution in [0, 0.1) is 11.7 Å². The van der Waals surface area contributed by atoms with Crippen molar-refractivity contribution in [3.8, 4) is 0 Å². The fraction of sp³-hybridized carbons (Fsp3) is 0.400. The number of aliphatic carboxylic acids is 1. The average Bonchev–Trinajstić information content (AvgIpc) is 2.54. The maximum absolute atomic E-state index is 13.4. The first-order valence-electron chi connectivity index (χ1n) is 7.09. The zero-order valence-electron chi connectivity index (χ0n) is 12.5. The number of carbonyl (C=O) groups is 3. The lowest BCUT2D eigenvalue weighted by molar-refractivity contribution is -0.143. The van der Waals surface area contributed by atoms with Gasteiger partial charge in [-0.25, -0.2) is 14.0 Å². The van der Waals surface area contributed by atoms with Gasteiger partial charge in [-0.3, -0.25) is 4.79 Å². The maximum Gasteiger partial charge on any atom is 0.339 e. The van der Waals surface area contributed by atoms with Gasteiger partial charge in [-0.2, -0.15) is 0 Å². The highest BCUT2D eigenvalue weighted by molar-refractivity contribution is 6.00. The number of urea groups is 1. The molecule has 2 amide bonds. The lowest BCUT2D eigenvalue weighted by Gasteiger charge is -2.30. The number of hydrogen-bond acceptors (Lipinski definition) is 4. The number of piperidine rings is 1. The summed E-state index contributed by atoms with van der Waals surface area (Å²) in [5.41, 5.74) is 0.00772. The van der Waals surface area contributed by atoms with Crippen molar-refractivity contribution in [2.75, 3.05) is 25.5 Å². The van der Waals surface area contributed by atoms with Gasteiger partial charge in [-0.15, -0.1) is 0 Å². The molecule has 7 nitrogen and oxygen atoms in total. The van der Waals surface area contributed by atoms with Crippen LogP contribution >= 0.6 is 0 Å². The second-order valence-electron chi connectivity index (χ2n) is 5.24. The Morgan fingerprint density at radius 1 is 1.39 bits per heavy atom. The molecule has 1 aromatic rings. The molecule has 1 heterocycles. The molecule has 1 aromatic carbocycles. The summed E-state index contributed by atoms with van der Waals surface area (Å²) >= 11 is 0. The van der Waals surface area contributed by atoms with Crippen LogP contribution in [-0.4, -0.2) is 48.2 Å². The van der Waals surface area contributed by atoms with Crippen molar-refractivity contribution >= 4 is 23.7 Å². The lowest BCUT2D eigenvalue weighted by atomic mass is 9.99. The Balaban J connectivity index is 2.15. The number of ether oxygens (including phenoxy) is 1. The van der Waals surface area contributed by atoms with Gasteiger partial charge in [0.2, 0.25) is 0 Å². The Bertz CT molecular complexity index is 634. The fourth-order valence-corrected chi connectivity index (χ4v) is 2.47. The first-order valence-corrected chi connectivity index (χ1v) is 7.09. The van der Waals surface area contributed by atoms with Gasteiger partial charge in [0.1, 0.15) is 5.82 Å². The molecule has 1 atom stereocenters. The van der Waals surface area contributed by atoms with Crippen LogP contribution in [0.2, 0.25) is 0 Å². The largest absolute Gasteiger partial charge is 0.481 e. The topological polar surface area (TPSA) is 95.9 Å². The molecule has 0 aromatic heterocycles. The predicted molar refractivity (Wildman–Crippen MR) is 78.7 cm³/mol. The van der Waals surface area contributed by atoms with E-state index in [9.17, 15) is 18.8 Å². The summed E-state index contributed by atoms with van der Waals surface area (Å²) < 4.78 is 18.0. The molecule has 23 heavy (non-hydrogen) atoms. The normalized spacial score (nSPS) is 17.5. The van der Waals surface area contributed by atoms with Crippen molar-refractivity contribution in [2.24, 2.45) is 5.92 Å². The third kappa shape index (κ3) is 3.97. The number of nitrogens with zero attached hydrogens (tertiary/aromatic N) is 1. The molecule has 1 fully saturated rings. The number of methoxy groups -OCH3 is 1. The number of carbonyl (C=O) groups excluding carboxylic acids is 2. The number of rotatable bonds is 3. The summed E-state index contributed by atoms with van der Waals surface area (Å²) in [6.45, 7) is 0.475. The number of benzene rings is 1. The first kappa shape index (κ1) is 16.7. The molecule has 2 N–H and O–H groups in total. The molecule has 1 aliphatic heterocycles. The average molecular weight is 324 g/mol. The van der Waals surface area contributed by atoms with Gasteiger partial charge < -0.3 is 20.1 Å². The zero-order valence-corrected chi connectivity index (χ0v) is 12.5. The van der Waals surface area contributed by atoms with Gasteiger partial charge >= 0.3 is 18.0 Å². The number of esters is 1. The van der Waals surface area contributed by atoms with E-state index in [1.54, 1.807) is 0 Å². The van der Waals surface area contributed by atoms with Crippen LogP contribution in [0.4, 0.5) is 14.9 Å². The molecule has 0 radical (unpaired) electrons. The zero-order chi connectivity index (χ0) is 17.0. The number of amides is 2. The molecule has 1 saturated heterocycles. The first-order chi connectivity index (χ1) is 10.9. The van der Waals surface area contributed by atoms with Crippen molar-refractivity contribution in [1.29, 1.82) is 0 Å². The summed E-state index contributed by atoms with van der Waals surface area (Å²) in [7, 11) is 1.18. The highest BCUT2D eigenvalue weighted by Gasteiger charge is 2.28. The van der Waals surface area contributed by atoms with Gasteiger partial charge in [0.25, 0.3) is 0 Å². The Hall–Kier alpha value is -2.64. The summed E-state index contributed by atoms with van der Waals surface area (Å²) in [6.07, 6.45) is 1.07. The Morgan fingerprint density at radius 3 is 2.78 bits per heavy atom. The minimum Gasteiger partial charge on any atom is -0.481 e. The summed E-state index contributed by atoms with van der Waals surface area (Å²) in [5.74, 6) is -2.90. The standard InChI is InChI=1S/C15H17FN2O5/c1-23-14(21)11-5-4-10(16)7-12(11)17-15(22)18-6-2-3-9(8-18)13(19)20/h4-5,7,9H,2-3,6,8H2,1H3,(H,17,22)(H,19,20). The van der Waals surface area contributed by atoms with Gasteiger partial charge in [-0.1, -0.05) is 0 Å². The summed E-state index contributed by atoms with van der Waals surface area (Å²) in [5, 5.41) is 11.5. The van der Waals surface area contributed by atoms with Gasteiger partial charge in [0.05, 0.1) is 24.3 Å². The number of hydrogen-bond donors (Lipinski definition) is 2. The quantitative estimate of drug-likeness (QED) is 0.828. The van der Waals surface area contributed by atoms with E-state index >= 15 is 0 Å². The molecular weight excluding hydrogens is 307 g/mol. The summed E-state index contributed by atoms with van der Waals surface area (Å²) in [6, 6.07) is 2.74. The van der Waals surface area contributed by atoms with Crippen LogP contribution in [-0.2, 0) is 9.53 Å². The van der Waals surface area contributed by atoms with Crippen LogP contribution in [0.5, 0.6) is 0 Å². The van der Waals surface area contributed by atoms with Crippen molar-refractivity contribution in [3.63, 3.8) is 0 Å². The predicted octanol–water partition coefficient (Wildman–Crippen LogP) is 1.94. The highest BCUT2D eigenvalue weighted by Crippen LogP contribution is 2.21. The van der Waals surface area contributed by atoms with Crippen molar-refractivity contribution in [1.82, 2.24) is 4.90 Å². The van der Waals surface area contributed by atoms with E-state index in [0.717, 1.165) is 12.1 Å². The number of anilines is 1. The molecule has 8 heteroatoms. The molecule has 1 unspecified atom stereocenters. The maximum atomic E-state index is 13.4. The smallest absolute Gasteiger partial charge is 0.339 e. The minimum absolute atomic E-state index is 0.0145. The lowest BCUT2D eigenvalue weighted by Crippen LogP contribution is -2.44. The Labute approximate surface area is 132 Å². The van der Waals surface area contributed by atoms with Crippen molar-refractivity contribution in [3.05, 3.63) is 29.6 Å². The van der Waals surface area contributed by atoms with E-state index in [1.807, 2.05) is 0 Å². The minimum atomic E-state index is -0.955. The van der Waals surface area contributed by atoms with E-state index in [-0.39, 0.29) is 17.8 Å². The van der Waals surface area contributed by atoms with Crippen LogP contribution in [0.25, 0.3) is 0 Å². The van der Waals surface area contributed by atoms with Crippen molar-refractivity contribution in [2.45, 2.75) is 12.8 Å². The van der Waals surface area contributed by atoms with E-state index in [2.05, 4.69) is 10.1 Å². The van der Waals surface area contributed by atoms with Crippen LogP contribution < -0.4 is 5.32 Å². The monoisotopic (exact) mass is 324 g/mol. The second-order valence-corrected chi connectivity index (χ2v) is 5.24. The summed E-state index contributed by atoms with van der Waals surface area (Å²) in [4.78, 5) is 36.3. The Morgan fingerprint density at radius 2 is 2.13 bits per heavy atom. The van der Waals surface area contributed by atoms with Gasteiger partial charge in [0, 0.05) is 13.1 Å². The molecule has 0 aliphatic carbocycles. The molecule has 0 bridgehead atoms. The van der Waals surface area contributed by atoms with E-state index < -0.39 is 29.7 Å². The second kappa shape index (κ2) is 7.08. The molecular formula is C15H17FN2O5. The number of nitrogens with one attached hydrogen (secondary N) is 1. The van der Waals surface area contributed by atoms with E-state index in [0.29, 0.717) is 19.4 Å². The third-order valence-electron chi connectivity index (χ3n) is 3.69. The van der Waals surface area contributed by atoms with Gasteiger partial charge in [0.15, 0.2) is 0 Å². The van der Waals surface area contributed by atoms with E-state index in [1.165, 1.54) is 18.1 Å². The fourth-order valence-electron chi connectivity index (χ4n) is 2.47. The highest BCUT2D eigenvalue weighted by atomic mass is 19.1. The number of carboxylic acid groups (broad SMARTS) is 1. The third-order valence-corrected chi connectivity index (χ3v) is 3.69. The number of carboxylic acids is 1. The van der Waals surface area contributed by atoms with Gasteiger partial charge in [-0.05, 0) is 31.0 Å². The molecule has 2 rings (SSSR count). The van der Waals surface area contributed by atoms with Crippen LogP contribution in [0.15, 0.2) is 18.2 Å². The Kier molecular flexibility index (Phi) is 5.15. The van der Waals surface area contributed by atoms with Crippen LogP contribution in [0.3, 0.4) is 0 Å². The molecule has 124 valence electrons.